The maximum Gasteiger partial charge on any atom is 0.279 e. The Kier molecular flexibility index (Phi) is 4.40. The fraction of sp³-hybridized carbons (Fsp3) is 1.00. The minimum absolute atomic E-state index is 0.265. The zero-order valence-corrected chi connectivity index (χ0v) is 8.77. The minimum Gasteiger partial charge on any atom is -0.379 e. The lowest BCUT2D eigenvalue weighted by molar-refractivity contribution is 0.0725. The van der Waals surface area contributed by atoms with Gasteiger partial charge >= 0.3 is 0 Å². The fourth-order valence-electron chi connectivity index (χ4n) is 1.05. The first-order valence-electron chi connectivity index (χ1n) is 4.05. The van der Waals surface area contributed by atoms with E-state index in [1.165, 1.54) is 4.31 Å². The Hall–Kier alpha value is 0.120. The maximum absolute atomic E-state index is 11.4. The molecule has 1 N–H and O–H groups in total. The van der Waals surface area contributed by atoms with Gasteiger partial charge in [0.1, 0.15) is 0 Å². The Morgan fingerprint density at radius 2 is 2.00 bits per heavy atom. The zero-order valence-electron chi connectivity index (χ0n) is 7.20. The van der Waals surface area contributed by atoms with Gasteiger partial charge in [-0.1, -0.05) is 0 Å². The summed E-state index contributed by atoms with van der Waals surface area (Å²) in [4.78, 5) is 0. The minimum atomic E-state index is -3.33. The highest BCUT2D eigenvalue weighted by molar-refractivity contribution is 7.87. The molecule has 0 bridgehead atoms. The van der Waals surface area contributed by atoms with E-state index in [1.807, 2.05) is 0 Å². The van der Waals surface area contributed by atoms with E-state index in [9.17, 15) is 8.42 Å². The molecule has 0 spiro atoms. The van der Waals surface area contributed by atoms with Gasteiger partial charge in [-0.3, -0.25) is 0 Å². The number of halogens is 1. The number of hydrogen-bond donors (Lipinski definition) is 1. The molecule has 1 heterocycles. The van der Waals surface area contributed by atoms with Crippen molar-refractivity contribution in [3.63, 3.8) is 0 Å². The molecule has 0 aliphatic carbocycles. The number of rotatable bonds is 4. The molecule has 1 fully saturated rings. The molecule has 7 heteroatoms. The summed E-state index contributed by atoms with van der Waals surface area (Å²) < 4.78 is 31.7. The Bertz CT molecular complexity index is 238. The Morgan fingerprint density at radius 1 is 1.38 bits per heavy atom. The van der Waals surface area contributed by atoms with Crippen molar-refractivity contribution in [2.75, 3.05) is 38.7 Å². The molecule has 1 rings (SSSR count). The summed E-state index contributed by atoms with van der Waals surface area (Å²) in [5, 5.41) is 0. The highest BCUT2D eigenvalue weighted by Crippen LogP contribution is 2.02. The van der Waals surface area contributed by atoms with E-state index in [0.29, 0.717) is 26.3 Å². The summed E-state index contributed by atoms with van der Waals surface area (Å²) in [7, 11) is -3.33. The van der Waals surface area contributed by atoms with Crippen LogP contribution in [-0.2, 0) is 14.9 Å². The summed E-state index contributed by atoms with van der Waals surface area (Å²) in [5.74, 6) is 0.281. The van der Waals surface area contributed by atoms with Gasteiger partial charge in [0.05, 0.1) is 13.2 Å². The smallest absolute Gasteiger partial charge is 0.279 e. The number of alkyl halides is 1. The van der Waals surface area contributed by atoms with Gasteiger partial charge in [-0.05, 0) is 0 Å². The van der Waals surface area contributed by atoms with Crippen molar-refractivity contribution < 1.29 is 13.2 Å². The molecule has 0 saturated carbocycles. The lowest BCUT2D eigenvalue weighted by Crippen LogP contribution is -2.47. The van der Waals surface area contributed by atoms with Gasteiger partial charge in [0, 0.05) is 25.5 Å². The lowest BCUT2D eigenvalue weighted by Gasteiger charge is -2.25. The monoisotopic (exact) mass is 228 g/mol. The standard InChI is InChI=1S/C6H13ClN2O3S/c7-1-2-8-13(10,11)9-3-5-12-6-4-9/h8H,1-6H2. The predicted molar refractivity (Wildman–Crippen MR) is 50.0 cm³/mol. The van der Waals surface area contributed by atoms with Crippen molar-refractivity contribution in [1.82, 2.24) is 9.03 Å². The molecular formula is C6H13ClN2O3S. The van der Waals surface area contributed by atoms with E-state index in [4.69, 9.17) is 16.3 Å². The van der Waals surface area contributed by atoms with E-state index in [0.717, 1.165) is 0 Å². The van der Waals surface area contributed by atoms with Gasteiger partial charge < -0.3 is 4.74 Å². The largest absolute Gasteiger partial charge is 0.379 e. The topological polar surface area (TPSA) is 58.6 Å². The van der Waals surface area contributed by atoms with Gasteiger partial charge in [0.15, 0.2) is 0 Å². The van der Waals surface area contributed by atoms with Crippen molar-refractivity contribution in [2.24, 2.45) is 0 Å². The third kappa shape index (κ3) is 3.40. The van der Waals surface area contributed by atoms with Gasteiger partial charge in [0.25, 0.3) is 10.2 Å². The van der Waals surface area contributed by atoms with Crippen LogP contribution in [0.2, 0.25) is 0 Å². The van der Waals surface area contributed by atoms with E-state index >= 15 is 0 Å². The molecule has 78 valence electrons. The average molecular weight is 229 g/mol. The first kappa shape index (κ1) is 11.2. The molecule has 1 saturated heterocycles. The SMILES string of the molecule is O=S(=O)(NCCCl)N1CCOCC1. The van der Waals surface area contributed by atoms with Crippen LogP contribution in [0.1, 0.15) is 0 Å². The molecule has 1 aliphatic heterocycles. The first-order valence-corrected chi connectivity index (χ1v) is 6.03. The third-order valence-electron chi connectivity index (χ3n) is 1.69. The molecule has 0 atom stereocenters. The van der Waals surface area contributed by atoms with Crippen LogP contribution in [0.4, 0.5) is 0 Å². The highest BCUT2D eigenvalue weighted by atomic mass is 35.5. The van der Waals surface area contributed by atoms with Crippen LogP contribution in [-0.4, -0.2) is 51.5 Å². The van der Waals surface area contributed by atoms with Gasteiger partial charge in [-0.25, -0.2) is 4.72 Å². The zero-order chi connectivity index (χ0) is 9.73. The molecule has 0 aromatic rings. The molecule has 0 unspecified atom stereocenters. The van der Waals surface area contributed by atoms with Crippen molar-refractivity contribution in [3.8, 4) is 0 Å². The number of nitrogens with zero attached hydrogens (tertiary/aromatic N) is 1. The second-order valence-electron chi connectivity index (χ2n) is 2.60. The van der Waals surface area contributed by atoms with E-state index in [-0.39, 0.29) is 12.4 Å². The van der Waals surface area contributed by atoms with E-state index in [2.05, 4.69) is 4.72 Å². The van der Waals surface area contributed by atoms with Crippen LogP contribution in [0.25, 0.3) is 0 Å². The van der Waals surface area contributed by atoms with Crippen LogP contribution < -0.4 is 4.72 Å². The molecule has 0 amide bonds. The molecule has 0 aromatic carbocycles. The molecule has 13 heavy (non-hydrogen) atoms. The second-order valence-corrected chi connectivity index (χ2v) is 4.73. The Balaban J connectivity index is 2.47. The van der Waals surface area contributed by atoms with Gasteiger partial charge in [-0.15, -0.1) is 11.6 Å². The number of ether oxygens (including phenoxy) is 1. The number of morpholine rings is 1. The third-order valence-corrected chi connectivity index (χ3v) is 3.49. The fourth-order valence-corrected chi connectivity index (χ4v) is 2.42. The summed E-state index contributed by atoms with van der Waals surface area (Å²) in [5.41, 5.74) is 0. The van der Waals surface area contributed by atoms with Gasteiger partial charge in [-0.2, -0.15) is 12.7 Å². The highest BCUT2D eigenvalue weighted by Gasteiger charge is 2.22. The quantitative estimate of drug-likeness (QED) is 0.654. The van der Waals surface area contributed by atoms with Crippen molar-refractivity contribution in [2.45, 2.75) is 0 Å². The lowest BCUT2D eigenvalue weighted by atomic mass is 10.5. The van der Waals surface area contributed by atoms with Crippen LogP contribution in [0.5, 0.6) is 0 Å². The molecular weight excluding hydrogens is 216 g/mol. The summed E-state index contributed by atoms with van der Waals surface area (Å²) in [6.07, 6.45) is 0. The molecule has 1 aliphatic rings. The number of hydrogen-bond acceptors (Lipinski definition) is 3. The van der Waals surface area contributed by atoms with E-state index in [1.54, 1.807) is 0 Å². The second kappa shape index (κ2) is 5.11. The molecule has 0 aromatic heterocycles. The van der Waals surface area contributed by atoms with Crippen molar-refractivity contribution in [1.29, 1.82) is 0 Å². The van der Waals surface area contributed by atoms with Crippen LogP contribution in [0.15, 0.2) is 0 Å². The molecule has 5 nitrogen and oxygen atoms in total. The average Bonchev–Trinajstić information content (AvgIpc) is 2.16. The van der Waals surface area contributed by atoms with Crippen LogP contribution >= 0.6 is 11.6 Å². The van der Waals surface area contributed by atoms with Crippen LogP contribution in [0.3, 0.4) is 0 Å². The molecule has 0 radical (unpaired) electrons. The normalized spacial score (nSPS) is 20.4. The van der Waals surface area contributed by atoms with Crippen LogP contribution in [0, 0.1) is 0 Å². The summed E-state index contributed by atoms with van der Waals surface area (Å²) in [6, 6.07) is 0. The van der Waals surface area contributed by atoms with E-state index < -0.39 is 10.2 Å². The first-order chi connectivity index (χ1) is 6.17. The Morgan fingerprint density at radius 3 is 2.54 bits per heavy atom. The summed E-state index contributed by atoms with van der Waals surface area (Å²) >= 11 is 5.38. The van der Waals surface area contributed by atoms with Crippen molar-refractivity contribution in [3.05, 3.63) is 0 Å². The number of nitrogens with one attached hydrogen (secondary N) is 1. The van der Waals surface area contributed by atoms with Crippen molar-refractivity contribution >= 4 is 21.8 Å². The predicted octanol–water partition coefficient (Wildman–Crippen LogP) is -0.608. The maximum atomic E-state index is 11.4. The Labute approximate surface area is 83.2 Å². The van der Waals surface area contributed by atoms with Gasteiger partial charge in [0.2, 0.25) is 0 Å². The summed E-state index contributed by atoms with van der Waals surface area (Å²) in [6.45, 7) is 2.01.